The first kappa shape index (κ1) is 17.1. The van der Waals surface area contributed by atoms with Gasteiger partial charge in [0, 0.05) is 13.1 Å². The number of carbonyl (C=O) groups excluding carboxylic acids is 1. The Labute approximate surface area is 147 Å². The van der Waals surface area contributed by atoms with Crippen LogP contribution in [0.15, 0.2) is 30.5 Å². The molecule has 1 N–H and O–H groups in total. The van der Waals surface area contributed by atoms with Gasteiger partial charge in [0.05, 0.1) is 24.1 Å². The molecular weight excluding hydrogens is 318 g/mol. The van der Waals surface area contributed by atoms with Gasteiger partial charge in [-0.05, 0) is 31.9 Å². The van der Waals surface area contributed by atoms with Crippen molar-refractivity contribution in [3.05, 3.63) is 36.0 Å². The van der Waals surface area contributed by atoms with Gasteiger partial charge in [-0.2, -0.15) is 10.1 Å². The first-order chi connectivity index (χ1) is 12.3. The van der Waals surface area contributed by atoms with Crippen molar-refractivity contribution >= 4 is 23.4 Å². The average Bonchev–Trinajstić information content (AvgIpc) is 2.92. The van der Waals surface area contributed by atoms with Gasteiger partial charge >= 0.3 is 5.97 Å². The number of para-hydroxylation sites is 1. The Kier molecular flexibility index (Phi) is 5.77. The van der Waals surface area contributed by atoms with Gasteiger partial charge in [-0.25, -0.2) is 4.79 Å². The highest BCUT2D eigenvalue weighted by Gasteiger charge is 2.15. The van der Waals surface area contributed by atoms with E-state index in [0.717, 1.165) is 18.9 Å². The van der Waals surface area contributed by atoms with Gasteiger partial charge in [-0.3, -0.25) is 0 Å². The summed E-state index contributed by atoms with van der Waals surface area (Å²) in [5, 5.41) is 11.2. The van der Waals surface area contributed by atoms with Crippen LogP contribution in [-0.2, 0) is 4.74 Å². The van der Waals surface area contributed by atoms with E-state index in [1.165, 1.54) is 25.7 Å². The van der Waals surface area contributed by atoms with Crippen LogP contribution in [-0.4, -0.2) is 40.8 Å². The second-order valence-corrected chi connectivity index (χ2v) is 5.93. The third kappa shape index (κ3) is 4.43. The van der Waals surface area contributed by atoms with Crippen molar-refractivity contribution in [2.45, 2.75) is 32.6 Å². The molecule has 1 aromatic heterocycles. The highest BCUT2D eigenvalue weighted by molar-refractivity contribution is 5.96. The number of nitrogens with one attached hydrogen (secondary N) is 1. The molecule has 0 bridgehead atoms. The zero-order chi connectivity index (χ0) is 17.5. The second-order valence-electron chi connectivity index (χ2n) is 5.93. The fourth-order valence-corrected chi connectivity index (χ4v) is 2.90. The maximum absolute atomic E-state index is 12.1. The summed E-state index contributed by atoms with van der Waals surface area (Å²) in [5.41, 5.74) is 1.06. The van der Waals surface area contributed by atoms with Crippen molar-refractivity contribution in [3.63, 3.8) is 0 Å². The van der Waals surface area contributed by atoms with E-state index in [9.17, 15) is 4.79 Å². The molecule has 0 atom stereocenters. The van der Waals surface area contributed by atoms with Crippen molar-refractivity contribution in [3.8, 4) is 0 Å². The quantitative estimate of drug-likeness (QED) is 0.837. The first-order valence-electron chi connectivity index (χ1n) is 8.76. The molecule has 2 aromatic rings. The van der Waals surface area contributed by atoms with E-state index in [1.807, 2.05) is 6.07 Å². The summed E-state index contributed by atoms with van der Waals surface area (Å²) in [4.78, 5) is 18.9. The predicted molar refractivity (Wildman–Crippen MR) is 96.2 cm³/mol. The lowest BCUT2D eigenvalue weighted by Gasteiger charge is -2.21. The molecule has 2 heterocycles. The predicted octanol–water partition coefficient (Wildman–Crippen LogP) is 3.17. The lowest BCUT2D eigenvalue weighted by molar-refractivity contribution is 0.0527. The zero-order valence-corrected chi connectivity index (χ0v) is 14.4. The average molecular weight is 341 g/mol. The van der Waals surface area contributed by atoms with Crippen molar-refractivity contribution in [1.29, 1.82) is 0 Å². The topological polar surface area (TPSA) is 80.2 Å². The van der Waals surface area contributed by atoms with E-state index in [-0.39, 0.29) is 5.97 Å². The van der Waals surface area contributed by atoms with E-state index < -0.39 is 0 Å². The standard InChI is InChI=1S/C18H23N5O2/c1-2-25-17(24)14-9-5-6-10-15(14)20-18-21-16(13-19-22-18)23-11-7-3-4-8-12-23/h5-6,9-10,13H,2-4,7-8,11-12H2,1H3,(H,20,21,22). The molecule has 132 valence electrons. The Balaban J connectivity index is 1.79. The zero-order valence-electron chi connectivity index (χ0n) is 14.4. The van der Waals surface area contributed by atoms with E-state index in [1.54, 1.807) is 31.3 Å². The Morgan fingerprint density at radius 3 is 2.72 bits per heavy atom. The monoisotopic (exact) mass is 341 g/mol. The third-order valence-electron chi connectivity index (χ3n) is 4.15. The fraction of sp³-hybridized carbons (Fsp3) is 0.444. The van der Waals surface area contributed by atoms with Crippen LogP contribution in [0, 0.1) is 0 Å². The highest BCUT2D eigenvalue weighted by Crippen LogP contribution is 2.21. The van der Waals surface area contributed by atoms with Crippen LogP contribution in [0.5, 0.6) is 0 Å². The van der Waals surface area contributed by atoms with E-state index in [2.05, 4.69) is 25.4 Å². The number of rotatable bonds is 5. The van der Waals surface area contributed by atoms with E-state index >= 15 is 0 Å². The summed E-state index contributed by atoms with van der Waals surface area (Å²) in [5.74, 6) is 0.814. The van der Waals surface area contributed by atoms with Crippen molar-refractivity contribution in [2.24, 2.45) is 0 Å². The van der Waals surface area contributed by atoms with Crippen LogP contribution >= 0.6 is 0 Å². The van der Waals surface area contributed by atoms with Crippen LogP contribution in [0.2, 0.25) is 0 Å². The van der Waals surface area contributed by atoms with E-state index in [4.69, 9.17) is 4.74 Å². The van der Waals surface area contributed by atoms with E-state index in [0.29, 0.717) is 23.8 Å². The molecule has 1 aliphatic heterocycles. The third-order valence-corrected chi connectivity index (χ3v) is 4.15. The molecule has 0 spiro atoms. The van der Waals surface area contributed by atoms with Crippen LogP contribution in [0.4, 0.5) is 17.5 Å². The SMILES string of the molecule is CCOC(=O)c1ccccc1Nc1nncc(N2CCCCCC2)n1. The molecule has 0 unspecified atom stereocenters. The smallest absolute Gasteiger partial charge is 0.340 e. The van der Waals surface area contributed by atoms with Crippen LogP contribution < -0.4 is 10.2 Å². The number of benzene rings is 1. The Morgan fingerprint density at radius 2 is 1.96 bits per heavy atom. The maximum Gasteiger partial charge on any atom is 0.340 e. The number of hydrogen-bond acceptors (Lipinski definition) is 7. The normalized spacial score (nSPS) is 14.7. The number of nitrogens with zero attached hydrogens (tertiary/aromatic N) is 4. The molecular formula is C18H23N5O2. The lowest BCUT2D eigenvalue weighted by atomic mass is 10.2. The summed E-state index contributed by atoms with van der Waals surface area (Å²) in [6, 6.07) is 7.15. The molecule has 1 saturated heterocycles. The van der Waals surface area contributed by atoms with Gasteiger partial charge in [-0.1, -0.05) is 25.0 Å². The van der Waals surface area contributed by atoms with Crippen molar-refractivity contribution < 1.29 is 9.53 Å². The minimum atomic E-state index is -0.373. The van der Waals surface area contributed by atoms with Crippen LogP contribution in [0.3, 0.4) is 0 Å². The molecule has 0 saturated carbocycles. The highest BCUT2D eigenvalue weighted by atomic mass is 16.5. The molecule has 25 heavy (non-hydrogen) atoms. The molecule has 0 amide bonds. The molecule has 3 rings (SSSR count). The lowest BCUT2D eigenvalue weighted by Crippen LogP contribution is -2.25. The minimum absolute atomic E-state index is 0.329. The first-order valence-corrected chi connectivity index (χ1v) is 8.76. The number of esters is 1. The van der Waals surface area contributed by atoms with Gasteiger partial charge < -0.3 is 15.0 Å². The molecule has 1 fully saturated rings. The number of anilines is 3. The van der Waals surface area contributed by atoms with Crippen molar-refractivity contribution in [1.82, 2.24) is 15.2 Å². The molecule has 1 aliphatic rings. The van der Waals surface area contributed by atoms with Gasteiger partial charge in [0.15, 0.2) is 5.82 Å². The summed E-state index contributed by atoms with van der Waals surface area (Å²) >= 11 is 0. The van der Waals surface area contributed by atoms with Crippen LogP contribution in [0.1, 0.15) is 43.0 Å². The van der Waals surface area contributed by atoms with Gasteiger partial charge in [0.1, 0.15) is 0 Å². The Morgan fingerprint density at radius 1 is 1.20 bits per heavy atom. The molecule has 0 aliphatic carbocycles. The molecule has 0 radical (unpaired) electrons. The summed E-state index contributed by atoms with van der Waals surface area (Å²) in [6.45, 7) is 4.08. The Hall–Kier alpha value is -2.70. The van der Waals surface area contributed by atoms with Gasteiger partial charge in [0.25, 0.3) is 0 Å². The molecule has 1 aromatic carbocycles. The summed E-state index contributed by atoms with van der Waals surface area (Å²) < 4.78 is 5.10. The largest absolute Gasteiger partial charge is 0.462 e. The Bertz CT molecular complexity index is 714. The molecule has 7 heteroatoms. The molecule has 7 nitrogen and oxygen atoms in total. The maximum atomic E-state index is 12.1. The second kappa shape index (κ2) is 8.41. The van der Waals surface area contributed by atoms with Gasteiger partial charge in [0.2, 0.25) is 5.95 Å². The number of ether oxygens (including phenoxy) is 1. The number of aromatic nitrogens is 3. The summed E-state index contributed by atoms with van der Waals surface area (Å²) in [7, 11) is 0. The van der Waals surface area contributed by atoms with Crippen LogP contribution in [0.25, 0.3) is 0 Å². The minimum Gasteiger partial charge on any atom is -0.462 e. The number of hydrogen-bond donors (Lipinski definition) is 1. The summed E-state index contributed by atoms with van der Waals surface area (Å²) in [6.07, 6.45) is 6.53. The van der Waals surface area contributed by atoms with Gasteiger partial charge in [-0.15, -0.1) is 5.10 Å². The van der Waals surface area contributed by atoms with Crippen molar-refractivity contribution in [2.75, 3.05) is 29.9 Å². The fourth-order valence-electron chi connectivity index (χ4n) is 2.90. The number of carbonyl (C=O) groups is 1.